The normalized spacial score (nSPS) is 12.2. The van der Waals surface area contributed by atoms with E-state index in [-0.39, 0.29) is 24.9 Å². The maximum atomic E-state index is 14.2. The monoisotopic (exact) mass is 575 g/mol. The van der Waals surface area contributed by atoms with Crippen molar-refractivity contribution in [3.8, 4) is 0 Å². The van der Waals surface area contributed by atoms with Crippen LogP contribution in [0.15, 0.2) is 97.1 Å². The van der Waals surface area contributed by atoms with Crippen LogP contribution in [0.5, 0.6) is 0 Å². The van der Waals surface area contributed by atoms with Crippen LogP contribution in [0.25, 0.3) is 10.8 Å². The number of anilines is 1. The molecule has 0 aliphatic rings. The van der Waals surface area contributed by atoms with Crippen molar-refractivity contribution in [3.63, 3.8) is 0 Å². The van der Waals surface area contributed by atoms with Crippen molar-refractivity contribution in [2.45, 2.75) is 38.9 Å². The molecule has 0 saturated carbocycles. The average Bonchev–Trinajstić information content (AvgIpc) is 2.94. The number of hydrogen-bond acceptors (Lipinski definition) is 4. The molecule has 0 heterocycles. The Morgan fingerprint density at radius 1 is 0.829 bits per heavy atom. The number of sulfonamides is 1. The van der Waals surface area contributed by atoms with Gasteiger partial charge in [-0.3, -0.25) is 13.9 Å². The molecule has 9 heteroatoms. The SMILES string of the molecule is CC(C)NC(=O)[C@@H](Cc1ccccc1)N(Cc1ccc(F)cc1)C(=O)CN(c1cccc2ccccc12)S(C)(=O)=O. The standard InChI is InChI=1S/C32H34FN3O4S/c1-23(2)34-32(38)30(20-24-10-5-4-6-11-24)35(21-25-16-18-27(33)19-17-25)31(37)22-36(41(3,39)40)29-15-9-13-26-12-7-8-14-28(26)29/h4-19,23,30H,20-22H2,1-3H3,(H,34,38)/t30-/m1/s1. The number of fused-ring (bicyclic) bond motifs is 1. The van der Waals surface area contributed by atoms with Crippen LogP contribution < -0.4 is 9.62 Å². The van der Waals surface area contributed by atoms with Gasteiger partial charge in [-0.25, -0.2) is 12.8 Å². The molecule has 0 aliphatic heterocycles. The Balaban J connectivity index is 1.78. The number of rotatable bonds is 11. The van der Waals surface area contributed by atoms with Crippen molar-refractivity contribution in [2.24, 2.45) is 0 Å². The van der Waals surface area contributed by atoms with Crippen molar-refractivity contribution < 1.29 is 22.4 Å². The largest absolute Gasteiger partial charge is 0.352 e. The van der Waals surface area contributed by atoms with Gasteiger partial charge in [0, 0.05) is 24.4 Å². The Bertz CT molecular complexity index is 1600. The van der Waals surface area contributed by atoms with Crippen LogP contribution in [0, 0.1) is 5.82 Å². The molecule has 214 valence electrons. The Labute approximate surface area is 240 Å². The molecular weight excluding hydrogens is 541 g/mol. The van der Waals surface area contributed by atoms with E-state index >= 15 is 0 Å². The molecule has 0 aliphatic carbocycles. The molecule has 0 bridgehead atoms. The maximum Gasteiger partial charge on any atom is 0.244 e. The predicted molar refractivity (Wildman–Crippen MR) is 160 cm³/mol. The molecule has 0 aromatic heterocycles. The number of halogens is 1. The highest BCUT2D eigenvalue weighted by Crippen LogP contribution is 2.29. The van der Waals surface area contributed by atoms with Gasteiger partial charge < -0.3 is 10.2 Å². The van der Waals surface area contributed by atoms with Crippen LogP contribution in [0.1, 0.15) is 25.0 Å². The fraction of sp³-hybridized carbons (Fsp3) is 0.250. The summed E-state index contributed by atoms with van der Waals surface area (Å²) < 4.78 is 41.0. The quantitative estimate of drug-likeness (QED) is 0.275. The molecule has 0 unspecified atom stereocenters. The molecule has 4 rings (SSSR count). The first-order valence-electron chi connectivity index (χ1n) is 13.4. The zero-order valence-electron chi connectivity index (χ0n) is 23.3. The maximum absolute atomic E-state index is 14.2. The first-order chi connectivity index (χ1) is 19.5. The van der Waals surface area contributed by atoms with Crippen LogP contribution in [-0.2, 0) is 32.6 Å². The minimum Gasteiger partial charge on any atom is -0.352 e. The Morgan fingerprint density at radius 3 is 2.12 bits per heavy atom. The summed E-state index contributed by atoms with van der Waals surface area (Å²) in [6, 6.07) is 26.5. The number of carbonyl (C=O) groups is 2. The molecule has 4 aromatic carbocycles. The van der Waals surface area contributed by atoms with E-state index in [1.54, 1.807) is 36.4 Å². The van der Waals surface area contributed by atoms with Gasteiger partial charge in [-0.2, -0.15) is 0 Å². The third kappa shape index (κ3) is 7.70. The van der Waals surface area contributed by atoms with Crippen LogP contribution >= 0.6 is 0 Å². The van der Waals surface area contributed by atoms with Gasteiger partial charge in [0.1, 0.15) is 18.4 Å². The van der Waals surface area contributed by atoms with Crippen molar-refractivity contribution in [3.05, 3.63) is 114 Å². The Hall–Kier alpha value is -4.24. The fourth-order valence-electron chi connectivity index (χ4n) is 4.74. The number of nitrogens with zero attached hydrogens (tertiary/aromatic N) is 2. The van der Waals surface area contributed by atoms with Crippen LogP contribution in [-0.4, -0.2) is 50.0 Å². The molecule has 7 nitrogen and oxygen atoms in total. The second-order valence-electron chi connectivity index (χ2n) is 10.3. The second-order valence-corrected chi connectivity index (χ2v) is 12.2. The van der Waals surface area contributed by atoms with Crippen molar-refractivity contribution in [1.82, 2.24) is 10.2 Å². The summed E-state index contributed by atoms with van der Waals surface area (Å²) >= 11 is 0. The third-order valence-electron chi connectivity index (χ3n) is 6.68. The van der Waals surface area contributed by atoms with E-state index in [0.717, 1.165) is 21.5 Å². The van der Waals surface area contributed by atoms with Crippen LogP contribution in [0.3, 0.4) is 0 Å². The molecule has 0 radical (unpaired) electrons. The van der Waals surface area contributed by atoms with Crippen molar-refractivity contribution >= 4 is 38.3 Å². The highest BCUT2D eigenvalue weighted by molar-refractivity contribution is 7.92. The molecule has 2 amide bonds. The van der Waals surface area contributed by atoms with E-state index in [0.29, 0.717) is 16.6 Å². The van der Waals surface area contributed by atoms with E-state index in [1.165, 1.54) is 17.0 Å². The van der Waals surface area contributed by atoms with Gasteiger partial charge in [0.15, 0.2) is 0 Å². The summed E-state index contributed by atoms with van der Waals surface area (Å²) in [7, 11) is -3.90. The summed E-state index contributed by atoms with van der Waals surface area (Å²) in [4.78, 5) is 29.1. The van der Waals surface area contributed by atoms with Gasteiger partial charge in [0.2, 0.25) is 21.8 Å². The highest BCUT2D eigenvalue weighted by atomic mass is 32.2. The van der Waals surface area contributed by atoms with Crippen LogP contribution in [0.4, 0.5) is 10.1 Å². The molecule has 1 atom stereocenters. The molecule has 0 spiro atoms. The van der Waals surface area contributed by atoms with E-state index in [1.807, 2.05) is 62.4 Å². The predicted octanol–water partition coefficient (Wildman–Crippen LogP) is 4.91. The zero-order valence-corrected chi connectivity index (χ0v) is 24.1. The molecule has 4 aromatic rings. The lowest BCUT2D eigenvalue weighted by Gasteiger charge is -2.34. The van der Waals surface area contributed by atoms with E-state index < -0.39 is 34.3 Å². The van der Waals surface area contributed by atoms with Crippen LogP contribution in [0.2, 0.25) is 0 Å². The second kappa shape index (κ2) is 13.0. The van der Waals surface area contributed by atoms with E-state index in [9.17, 15) is 22.4 Å². The lowest BCUT2D eigenvalue weighted by atomic mass is 10.0. The topological polar surface area (TPSA) is 86.8 Å². The minimum atomic E-state index is -3.90. The van der Waals surface area contributed by atoms with Crippen molar-refractivity contribution in [1.29, 1.82) is 0 Å². The summed E-state index contributed by atoms with van der Waals surface area (Å²) in [5.41, 5.74) is 1.81. The first-order valence-corrected chi connectivity index (χ1v) is 15.2. The van der Waals surface area contributed by atoms with Gasteiger partial charge in [0.25, 0.3) is 0 Å². The highest BCUT2D eigenvalue weighted by Gasteiger charge is 2.33. The van der Waals surface area contributed by atoms with E-state index in [4.69, 9.17) is 0 Å². The number of nitrogens with one attached hydrogen (secondary N) is 1. The van der Waals surface area contributed by atoms with E-state index in [2.05, 4.69) is 5.32 Å². The molecular formula is C32H34FN3O4S. The number of amides is 2. The Kier molecular flexibility index (Phi) is 9.39. The first kappa shape index (κ1) is 29.7. The Morgan fingerprint density at radius 2 is 1.46 bits per heavy atom. The summed E-state index contributed by atoms with van der Waals surface area (Å²) in [5.74, 6) is -1.35. The lowest BCUT2D eigenvalue weighted by molar-refractivity contribution is -0.140. The van der Waals surface area contributed by atoms with Crippen molar-refractivity contribution in [2.75, 3.05) is 17.1 Å². The number of hydrogen-bond donors (Lipinski definition) is 1. The molecule has 0 saturated heterocycles. The van der Waals surface area contributed by atoms with Gasteiger partial charge in [-0.1, -0.05) is 78.9 Å². The van der Waals surface area contributed by atoms with Gasteiger partial charge in [0.05, 0.1) is 11.9 Å². The molecule has 0 fully saturated rings. The van der Waals surface area contributed by atoms with Gasteiger partial charge >= 0.3 is 0 Å². The molecule has 1 N–H and O–H groups in total. The minimum absolute atomic E-state index is 0.0186. The lowest BCUT2D eigenvalue weighted by Crippen LogP contribution is -2.54. The fourth-order valence-corrected chi connectivity index (χ4v) is 5.60. The van der Waals surface area contributed by atoms with Gasteiger partial charge in [-0.05, 0) is 48.6 Å². The smallest absolute Gasteiger partial charge is 0.244 e. The average molecular weight is 576 g/mol. The summed E-state index contributed by atoms with van der Waals surface area (Å²) in [6.45, 7) is 3.12. The number of benzene rings is 4. The molecule has 41 heavy (non-hydrogen) atoms. The number of carbonyl (C=O) groups excluding carboxylic acids is 2. The summed E-state index contributed by atoms with van der Waals surface area (Å²) in [6.07, 6.45) is 1.26. The van der Waals surface area contributed by atoms with Gasteiger partial charge in [-0.15, -0.1) is 0 Å². The summed E-state index contributed by atoms with van der Waals surface area (Å²) in [5, 5.41) is 4.41. The third-order valence-corrected chi connectivity index (χ3v) is 7.81. The zero-order chi connectivity index (χ0) is 29.6.